The van der Waals surface area contributed by atoms with Gasteiger partial charge in [-0.05, 0) is 24.6 Å². The number of hydrogen-bond donors (Lipinski definition) is 2. The second-order valence-corrected chi connectivity index (χ2v) is 6.02. The smallest absolute Gasteiger partial charge is 0.339 e. The van der Waals surface area contributed by atoms with Crippen molar-refractivity contribution in [2.75, 3.05) is 17.7 Å². The minimum Gasteiger partial charge on any atom is -0.465 e. The highest BCUT2D eigenvalue weighted by molar-refractivity contribution is 6.07. The average Bonchev–Trinajstić information content (AvgIpc) is 2.72. The topological polar surface area (TPSA) is 93.2 Å². The van der Waals surface area contributed by atoms with E-state index in [-0.39, 0.29) is 11.3 Å². The molecule has 142 valence electrons. The first-order valence-corrected chi connectivity index (χ1v) is 8.69. The fraction of sp³-hybridized carbons (Fsp3) is 0.143. The van der Waals surface area contributed by atoms with Crippen LogP contribution < -0.4 is 10.6 Å². The Balaban J connectivity index is 1.77. The largest absolute Gasteiger partial charge is 0.465 e. The Hall–Kier alpha value is -3.74. The van der Waals surface area contributed by atoms with E-state index >= 15 is 0 Å². The molecule has 3 rings (SSSR count). The van der Waals surface area contributed by atoms with Gasteiger partial charge in [0, 0.05) is 12.6 Å². The predicted molar refractivity (Wildman–Crippen MR) is 106 cm³/mol. The minimum atomic E-state index is -0.528. The Labute approximate surface area is 162 Å². The first-order chi connectivity index (χ1) is 13.6. The van der Waals surface area contributed by atoms with E-state index in [0.717, 1.165) is 5.56 Å². The molecular weight excluding hydrogens is 356 g/mol. The molecule has 7 heteroatoms. The van der Waals surface area contributed by atoms with E-state index in [1.54, 1.807) is 37.3 Å². The fourth-order valence-electron chi connectivity index (χ4n) is 2.63. The van der Waals surface area contributed by atoms with E-state index in [1.807, 2.05) is 30.3 Å². The molecule has 0 saturated heterocycles. The lowest BCUT2D eigenvalue weighted by Crippen LogP contribution is -2.18. The van der Waals surface area contributed by atoms with Gasteiger partial charge in [-0.15, -0.1) is 0 Å². The summed E-state index contributed by atoms with van der Waals surface area (Å²) in [7, 11) is 1.29. The first kappa shape index (κ1) is 19.0. The summed E-state index contributed by atoms with van der Waals surface area (Å²) in [6, 6.07) is 18.1. The van der Waals surface area contributed by atoms with Gasteiger partial charge in [-0.2, -0.15) is 0 Å². The molecule has 0 atom stereocenters. The van der Waals surface area contributed by atoms with Gasteiger partial charge in [0.05, 0.1) is 18.4 Å². The van der Waals surface area contributed by atoms with Crippen molar-refractivity contribution in [1.29, 1.82) is 0 Å². The molecule has 0 fully saturated rings. The molecule has 1 heterocycles. The van der Waals surface area contributed by atoms with Gasteiger partial charge in [0.15, 0.2) is 0 Å². The summed E-state index contributed by atoms with van der Waals surface area (Å²) in [5.74, 6) is 0.0387. The maximum absolute atomic E-state index is 12.7. The average molecular weight is 376 g/mol. The zero-order valence-corrected chi connectivity index (χ0v) is 15.6. The number of aromatic nitrogens is 2. The van der Waals surface area contributed by atoms with Crippen LogP contribution in [-0.4, -0.2) is 29.0 Å². The molecule has 0 saturated carbocycles. The number of aryl methyl sites for hydroxylation is 1. The number of esters is 1. The standard InChI is InChI=1S/C21H20N4O3/c1-14-23-18(12-19(24-14)22-13-15-8-4-3-5-9-15)20(26)25-17-11-7-6-10-16(17)21(27)28-2/h3-12H,13H2,1-2H3,(H,25,26)(H,22,23,24). The van der Waals surface area contributed by atoms with Crippen LogP contribution in [0.25, 0.3) is 0 Å². The highest BCUT2D eigenvalue weighted by Gasteiger charge is 2.16. The number of carbonyl (C=O) groups is 2. The minimum absolute atomic E-state index is 0.197. The van der Waals surface area contributed by atoms with Crippen LogP contribution in [0.2, 0.25) is 0 Å². The van der Waals surface area contributed by atoms with E-state index in [1.165, 1.54) is 7.11 Å². The number of rotatable bonds is 6. The van der Waals surface area contributed by atoms with E-state index in [2.05, 4.69) is 20.6 Å². The number of hydrogen-bond acceptors (Lipinski definition) is 6. The summed E-state index contributed by atoms with van der Waals surface area (Å²) >= 11 is 0. The molecule has 0 radical (unpaired) electrons. The Morgan fingerprint density at radius 3 is 2.46 bits per heavy atom. The summed E-state index contributed by atoms with van der Waals surface area (Å²) < 4.78 is 4.75. The van der Waals surface area contributed by atoms with Crippen molar-refractivity contribution < 1.29 is 14.3 Å². The number of nitrogens with one attached hydrogen (secondary N) is 2. The van der Waals surface area contributed by atoms with Crippen LogP contribution in [0.4, 0.5) is 11.5 Å². The summed E-state index contributed by atoms with van der Waals surface area (Å²) in [6.07, 6.45) is 0. The Morgan fingerprint density at radius 2 is 1.71 bits per heavy atom. The molecule has 7 nitrogen and oxygen atoms in total. The molecule has 1 amide bonds. The second kappa shape index (κ2) is 8.77. The SMILES string of the molecule is COC(=O)c1ccccc1NC(=O)c1cc(NCc2ccccc2)nc(C)n1. The molecule has 2 aromatic carbocycles. The zero-order chi connectivity index (χ0) is 19.9. The zero-order valence-electron chi connectivity index (χ0n) is 15.6. The molecule has 0 unspecified atom stereocenters. The lowest BCUT2D eigenvalue weighted by atomic mass is 10.1. The molecule has 1 aromatic heterocycles. The van der Waals surface area contributed by atoms with Crippen molar-refractivity contribution in [2.45, 2.75) is 13.5 Å². The number of anilines is 2. The van der Waals surface area contributed by atoms with Gasteiger partial charge in [-0.1, -0.05) is 42.5 Å². The Morgan fingerprint density at radius 1 is 1.00 bits per heavy atom. The maximum Gasteiger partial charge on any atom is 0.339 e. The number of ether oxygens (including phenoxy) is 1. The van der Waals surface area contributed by atoms with Gasteiger partial charge in [-0.3, -0.25) is 4.79 Å². The first-order valence-electron chi connectivity index (χ1n) is 8.69. The van der Waals surface area contributed by atoms with Crippen molar-refractivity contribution in [3.63, 3.8) is 0 Å². The lowest BCUT2D eigenvalue weighted by molar-refractivity contribution is 0.0602. The lowest BCUT2D eigenvalue weighted by Gasteiger charge is -2.11. The number of carbonyl (C=O) groups excluding carboxylic acids is 2. The normalized spacial score (nSPS) is 10.2. The van der Waals surface area contributed by atoms with Gasteiger partial charge in [0.2, 0.25) is 0 Å². The third-order valence-corrected chi connectivity index (χ3v) is 3.97. The quantitative estimate of drug-likeness (QED) is 0.640. The number of amides is 1. The van der Waals surface area contributed by atoms with E-state index in [0.29, 0.717) is 23.9 Å². The highest BCUT2D eigenvalue weighted by Crippen LogP contribution is 2.18. The van der Waals surface area contributed by atoms with Crippen LogP contribution in [-0.2, 0) is 11.3 Å². The van der Waals surface area contributed by atoms with Crippen molar-refractivity contribution in [3.05, 3.63) is 83.3 Å². The van der Waals surface area contributed by atoms with Crippen molar-refractivity contribution in [2.24, 2.45) is 0 Å². The second-order valence-electron chi connectivity index (χ2n) is 6.02. The van der Waals surface area contributed by atoms with Crippen LogP contribution in [0.3, 0.4) is 0 Å². The van der Waals surface area contributed by atoms with E-state index < -0.39 is 11.9 Å². The third-order valence-electron chi connectivity index (χ3n) is 3.97. The summed E-state index contributed by atoms with van der Waals surface area (Å²) in [6.45, 7) is 2.29. The summed E-state index contributed by atoms with van der Waals surface area (Å²) in [5.41, 5.74) is 1.92. The molecule has 3 aromatic rings. The molecule has 28 heavy (non-hydrogen) atoms. The van der Waals surface area contributed by atoms with Crippen LogP contribution in [0.5, 0.6) is 0 Å². The number of benzene rings is 2. The molecule has 0 bridgehead atoms. The fourth-order valence-corrected chi connectivity index (χ4v) is 2.63. The van der Waals surface area contributed by atoms with Crippen LogP contribution in [0, 0.1) is 6.92 Å². The highest BCUT2D eigenvalue weighted by atomic mass is 16.5. The molecule has 0 spiro atoms. The van der Waals surface area contributed by atoms with E-state index in [4.69, 9.17) is 4.74 Å². The molecule has 0 aliphatic rings. The van der Waals surface area contributed by atoms with Crippen LogP contribution in [0.15, 0.2) is 60.7 Å². The third kappa shape index (κ3) is 4.70. The van der Waals surface area contributed by atoms with Gasteiger partial charge >= 0.3 is 5.97 Å². The summed E-state index contributed by atoms with van der Waals surface area (Å²) in [5, 5.41) is 5.91. The van der Waals surface area contributed by atoms with Crippen molar-refractivity contribution in [3.8, 4) is 0 Å². The van der Waals surface area contributed by atoms with Gasteiger partial charge in [0.25, 0.3) is 5.91 Å². The Bertz CT molecular complexity index is 990. The molecule has 2 N–H and O–H groups in total. The molecular formula is C21H20N4O3. The maximum atomic E-state index is 12.7. The molecule has 0 aliphatic carbocycles. The number of para-hydroxylation sites is 1. The van der Waals surface area contributed by atoms with E-state index in [9.17, 15) is 9.59 Å². The number of nitrogens with zero attached hydrogens (tertiary/aromatic N) is 2. The summed E-state index contributed by atoms with van der Waals surface area (Å²) in [4.78, 5) is 33.1. The number of methoxy groups -OCH3 is 1. The van der Waals surface area contributed by atoms with Gasteiger partial charge in [0.1, 0.15) is 17.3 Å². The van der Waals surface area contributed by atoms with Crippen molar-refractivity contribution >= 4 is 23.4 Å². The molecule has 0 aliphatic heterocycles. The van der Waals surface area contributed by atoms with Crippen LogP contribution >= 0.6 is 0 Å². The predicted octanol–water partition coefficient (Wildman–Crippen LogP) is 3.44. The van der Waals surface area contributed by atoms with Crippen molar-refractivity contribution in [1.82, 2.24) is 9.97 Å². The Kier molecular flexibility index (Phi) is 5.96. The van der Waals surface area contributed by atoms with Gasteiger partial charge in [-0.25, -0.2) is 14.8 Å². The van der Waals surface area contributed by atoms with Gasteiger partial charge < -0.3 is 15.4 Å². The monoisotopic (exact) mass is 376 g/mol. The van der Waals surface area contributed by atoms with Crippen LogP contribution in [0.1, 0.15) is 32.2 Å².